The van der Waals surface area contributed by atoms with Gasteiger partial charge in [0.05, 0.1) is 12.8 Å². The van der Waals surface area contributed by atoms with Crippen molar-refractivity contribution < 1.29 is 5.11 Å². The Hall–Kier alpha value is -1.72. The fourth-order valence-corrected chi connectivity index (χ4v) is 2.43. The Morgan fingerprint density at radius 1 is 1.24 bits per heavy atom. The minimum Gasteiger partial charge on any atom is -0.395 e. The van der Waals surface area contributed by atoms with Gasteiger partial charge in [-0.1, -0.05) is 26.8 Å². The van der Waals surface area contributed by atoms with Gasteiger partial charge in [-0.25, -0.2) is 0 Å². The zero-order chi connectivity index (χ0) is 15.3. The number of H-pyrrole nitrogens is 1. The molecule has 2 aromatic rings. The van der Waals surface area contributed by atoms with E-state index in [1.54, 1.807) is 6.20 Å². The first kappa shape index (κ1) is 15.7. The molecule has 0 fully saturated rings. The predicted octanol–water partition coefficient (Wildman–Crippen LogP) is 2.10. The summed E-state index contributed by atoms with van der Waals surface area (Å²) in [6.45, 7) is 8.80. The highest BCUT2D eigenvalue weighted by Gasteiger charge is 2.21. The Bertz CT molecular complexity index is 545. The van der Waals surface area contributed by atoms with E-state index in [1.165, 1.54) is 5.56 Å². The highest BCUT2D eigenvalue weighted by molar-refractivity contribution is 5.23. The summed E-state index contributed by atoms with van der Waals surface area (Å²) in [6.07, 6.45) is 5.52. The number of hydrogen-bond acceptors (Lipinski definition) is 4. The van der Waals surface area contributed by atoms with Crippen LogP contribution in [-0.2, 0) is 18.5 Å². The molecular formula is C16H24N4O. The van der Waals surface area contributed by atoms with Crippen LogP contribution < -0.4 is 0 Å². The van der Waals surface area contributed by atoms with Gasteiger partial charge < -0.3 is 5.11 Å². The van der Waals surface area contributed by atoms with Crippen molar-refractivity contribution in [3.63, 3.8) is 0 Å². The van der Waals surface area contributed by atoms with E-state index in [0.717, 1.165) is 24.3 Å². The molecule has 0 saturated carbocycles. The van der Waals surface area contributed by atoms with Crippen LogP contribution in [-0.4, -0.2) is 38.3 Å². The number of pyridine rings is 1. The second kappa shape index (κ2) is 6.83. The van der Waals surface area contributed by atoms with E-state index in [-0.39, 0.29) is 12.0 Å². The maximum atomic E-state index is 9.29. The van der Waals surface area contributed by atoms with Crippen LogP contribution in [0.15, 0.2) is 30.7 Å². The zero-order valence-corrected chi connectivity index (χ0v) is 13.0. The summed E-state index contributed by atoms with van der Waals surface area (Å²) in [7, 11) is 0. The van der Waals surface area contributed by atoms with Gasteiger partial charge in [-0.3, -0.25) is 15.0 Å². The van der Waals surface area contributed by atoms with E-state index in [4.69, 9.17) is 0 Å². The van der Waals surface area contributed by atoms with Crippen LogP contribution in [0.4, 0.5) is 0 Å². The van der Waals surface area contributed by atoms with E-state index < -0.39 is 0 Å². The number of nitrogens with one attached hydrogen (secondary N) is 1. The molecule has 0 aliphatic carbocycles. The summed E-state index contributed by atoms with van der Waals surface area (Å²) in [5, 5.41) is 16.6. The molecule has 0 amide bonds. The average Bonchev–Trinajstić information content (AvgIpc) is 2.88. The van der Waals surface area contributed by atoms with E-state index >= 15 is 0 Å². The van der Waals surface area contributed by atoms with Crippen LogP contribution >= 0.6 is 0 Å². The molecule has 2 N–H and O–H groups in total. The van der Waals surface area contributed by atoms with Gasteiger partial charge >= 0.3 is 0 Å². The van der Waals surface area contributed by atoms with Crippen LogP contribution in [0.5, 0.6) is 0 Å². The molecule has 0 aliphatic heterocycles. The number of hydrogen-bond donors (Lipinski definition) is 2. The Labute approximate surface area is 126 Å². The molecule has 0 unspecified atom stereocenters. The normalized spacial score (nSPS) is 12.0. The van der Waals surface area contributed by atoms with Gasteiger partial charge in [0.15, 0.2) is 0 Å². The summed E-state index contributed by atoms with van der Waals surface area (Å²) in [5.74, 6) is 0. The monoisotopic (exact) mass is 288 g/mol. The topological polar surface area (TPSA) is 65.0 Å². The standard InChI is InChI=1S/C16H24N4O/c1-16(2,3)15-14(10-18-19-15)12-20(7-8-21)11-13-5-4-6-17-9-13/h4-6,9-10,21H,7-8,11-12H2,1-3H3,(H,18,19). The minimum absolute atomic E-state index is 0.0328. The molecule has 0 aromatic carbocycles. The van der Waals surface area contributed by atoms with Crippen molar-refractivity contribution in [3.05, 3.63) is 47.5 Å². The molecule has 0 bridgehead atoms. The molecule has 2 aromatic heterocycles. The van der Waals surface area contributed by atoms with E-state index in [9.17, 15) is 5.11 Å². The van der Waals surface area contributed by atoms with Crippen molar-refractivity contribution in [1.29, 1.82) is 0 Å². The molecule has 114 valence electrons. The number of aromatic amines is 1. The quantitative estimate of drug-likeness (QED) is 0.854. The lowest BCUT2D eigenvalue weighted by atomic mass is 9.89. The van der Waals surface area contributed by atoms with Gasteiger partial charge in [0.1, 0.15) is 0 Å². The molecular weight excluding hydrogens is 264 g/mol. The summed E-state index contributed by atoms with van der Waals surface area (Å²) >= 11 is 0. The lowest BCUT2D eigenvalue weighted by Crippen LogP contribution is -2.27. The number of aliphatic hydroxyl groups is 1. The number of aliphatic hydroxyl groups excluding tert-OH is 1. The summed E-state index contributed by atoms with van der Waals surface area (Å²) in [6, 6.07) is 3.99. The van der Waals surface area contributed by atoms with Crippen LogP contribution in [0.25, 0.3) is 0 Å². The second-order valence-electron chi connectivity index (χ2n) is 6.32. The van der Waals surface area contributed by atoms with E-state index in [1.807, 2.05) is 18.5 Å². The first-order chi connectivity index (χ1) is 10.0. The molecule has 0 spiro atoms. The van der Waals surface area contributed by atoms with Crippen LogP contribution in [0, 0.1) is 0 Å². The molecule has 2 rings (SSSR count). The van der Waals surface area contributed by atoms with Crippen molar-refractivity contribution in [2.45, 2.75) is 39.3 Å². The van der Waals surface area contributed by atoms with Gasteiger partial charge in [-0.05, 0) is 11.6 Å². The molecule has 0 saturated heterocycles. The fraction of sp³-hybridized carbons (Fsp3) is 0.500. The Morgan fingerprint density at radius 3 is 2.67 bits per heavy atom. The Balaban J connectivity index is 2.12. The lowest BCUT2D eigenvalue weighted by molar-refractivity contribution is 0.183. The second-order valence-corrected chi connectivity index (χ2v) is 6.32. The fourth-order valence-electron chi connectivity index (χ4n) is 2.43. The van der Waals surface area contributed by atoms with Gasteiger partial charge in [-0.15, -0.1) is 0 Å². The molecule has 5 heteroatoms. The lowest BCUT2D eigenvalue weighted by Gasteiger charge is -2.24. The van der Waals surface area contributed by atoms with Crippen molar-refractivity contribution in [3.8, 4) is 0 Å². The minimum atomic E-state index is 0.0328. The van der Waals surface area contributed by atoms with Gasteiger partial charge in [-0.2, -0.15) is 5.10 Å². The third kappa shape index (κ3) is 4.37. The maximum Gasteiger partial charge on any atom is 0.0558 e. The molecule has 2 heterocycles. The number of rotatable bonds is 6. The molecule has 0 atom stereocenters. The SMILES string of the molecule is CC(C)(C)c1[nH]ncc1CN(CCO)Cc1cccnc1. The first-order valence-corrected chi connectivity index (χ1v) is 7.25. The van der Waals surface area contributed by atoms with E-state index in [2.05, 4.69) is 46.9 Å². The third-order valence-electron chi connectivity index (χ3n) is 3.41. The van der Waals surface area contributed by atoms with E-state index in [0.29, 0.717) is 6.54 Å². The summed E-state index contributed by atoms with van der Waals surface area (Å²) in [5.41, 5.74) is 3.51. The van der Waals surface area contributed by atoms with Crippen LogP contribution in [0.3, 0.4) is 0 Å². The molecule has 0 aliphatic rings. The predicted molar refractivity (Wildman–Crippen MR) is 82.7 cm³/mol. The largest absolute Gasteiger partial charge is 0.395 e. The van der Waals surface area contributed by atoms with Crippen molar-refractivity contribution in [1.82, 2.24) is 20.1 Å². The average molecular weight is 288 g/mol. The Morgan fingerprint density at radius 2 is 2.05 bits per heavy atom. The summed E-state index contributed by atoms with van der Waals surface area (Å²) in [4.78, 5) is 6.35. The van der Waals surface area contributed by atoms with Gasteiger partial charge in [0.25, 0.3) is 0 Å². The van der Waals surface area contributed by atoms with Gasteiger partial charge in [0, 0.05) is 48.7 Å². The van der Waals surface area contributed by atoms with Crippen molar-refractivity contribution in [2.75, 3.05) is 13.2 Å². The first-order valence-electron chi connectivity index (χ1n) is 7.25. The van der Waals surface area contributed by atoms with Crippen LogP contribution in [0.1, 0.15) is 37.6 Å². The number of nitrogens with zero attached hydrogens (tertiary/aromatic N) is 3. The maximum absolute atomic E-state index is 9.29. The highest BCUT2D eigenvalue weighted by atomic mass is 16.3. The molecule has 5 nitrogen and oxygen atoms in total. The highest BCUT2D eigenvalue weighted by Crippen LogP contribution is 2.24. The summed E-state index contributed by atoms with van der Waals surface area (Å²) < 4.78 is 0. The molecule has 0 radical (unpaired) electrons. The number of aromatic nitrogens is 3. The van der Waals surface area contributed by atoms with Crippen molar-refractivity contribution in [2.24, 2.45) is 0 Å². The third-order valence-corrected chi connectivity index (χ3v) is 3.41. The zero-order valence-electron chi connectivity index (χ0n) is 13.0. The van der Waals surface area contributed by atoms with Crippen LogP contribution in [0.2, 0.25) is 0 Å². The van der Waals surface area contributed by atoms with Gasteiger partial charge in [0.2, 0.25) is 0 Å². The molecule has 21 heavy (non-hydrogen) atoms. The Kier molecular flexibility index (Phi) is 5.09. The smallest absolute Gasteiger partial charge is 0.0558 e. The van der Waals surface area contributed by atoms with Crippen molar-refractivity contribution >= 4 is 0 Å².